The average molecular weight is 355 g/mol. The van der Waals surface area contributed by atoms with Gasteiger partial charge in [-0.2, -0.15) is 4.98 Å². The Bertz CT molecular complexity index is 767. The van der Waals surface area contributed by atoms with Gasteiger partial charge < -0.3 is 14.2 Å². The third-order valence-corrected chi connectivity index (χ3v) is 5.37. The van der Waals surface area contributed by atoms with Crippen LogP contribution in [0.2, 0.25) is 0 Å². The predicted octanol–water partition coefficient (Wildman–Crippen LogP) is 2.83. The molecule has 2 fully saturated rings. The summed E-state index contributed by atoms with van der Waals surface area (Å²) >= 11 is 0. The Kier molecular flexibility index (Phi) is 5.02. The van der Waals surface area contributed by atoms with Crippen LogP contribution >= 0.6 is 0 Å². The molecule has 0 aliphatic carbocycles. The van der Waals surface area contributed by atoms with Gasteiger partial charge in [-0.1, -0.05) is 35.0 Å². The summed E-state index contributed by atoms with van der Waals surface area (Å²) < 4.78 is 10.9. The first-order chi connectivity index (χ1) is 12.7. The number of carbonyl (C=O) groups excluding carboxylic acids is 1. The van der Waals surface area contributed by atoms with Gasteiger partial charge in [0.2, 0.25) is 11.8 Å². The van der Waals surface area contributed by atoms with Crippen LogP contribution in [0.3, 0.4) is 0 Å². The fourth-order valence-electron chi connectivity index (χ4n) is 3.83. The van der Waals surface area contributed by atoms with Crippen molar-refractivity contribution in [2.24, 2.45) is 0 Å². The Morgan fingerprint density at radius 3 is 2.88 bits per heavy atom. The smallest absolute Gasteiger partial charge is 0.231 e. The van der Waals surface area contributed by atoms with E-state index in [1.165, 1.54) is 5.56 Å². The predicted molar refractivity (Wildman–Crippen MR) is 95.9 cm³/mol. The molecule has 6 nitrogen and oxygen atoms in total. The lowest BCUT2D eigenvalue weighted by Gasteiger charge is -2.18. The molecule has 0 N–H and O–H groups in total. The van der Waals surface area contributed by atoms with Crippen molar-refractivity contribution in [1.82, 2.24) is 15.0 Å². The third kappa shape index (κ3) is 3.80. The Morgan fingerprint density at radius 2 is 2.08 bits per heavy atom. The van der Waals surface area contributed by atoms with Crippen LogP contribution in [-0.2, 0) is 16.0 Å². The van der Waals surface area contributed by atoms with Crippen molar-refractivity contribution in [3.63, 3.8) is 0 Å². The van der Waals surface area contributed by atoms with Gasteiger partial charge in [0, 0.05) is 32.2 Å². The maximum Gasteiger partial charge on any atom is 0.231 e. The Morgan fingerprint density at radius 1 is 1.23 bits per heavy atom. The Labute approximate surface area is 153 Å². The molecular formula is C20H25N3O3. The van der Waals surface area contributed by atoms with E-state index in [-0.39, 0.29) is 11.8 Å². The van der Waals surface area contributed by atoms with E-state index in [1.54, 1.807) is 0 Å². The molecule has 6 heteroatoms. The number of likely N-dealkylation sites (tertiary alicyclic amines) is 1. The highest BCUT2D eigenvalue weighted by Crippen LogP contribution is 2.30. The average Bonchev–Trinajstić information content (AvgIpc) is 3.32. The molecule has 2 aromatic rings. The van der Waals surface area contributed by atoms with Gasteiger partial charge in [-0.25, -0.2) is 0 Å². The standard InChI is InChI=1S/C20H25N3O3/c1-14-3-2-4-15(11-14)12-18(24)23-8-5-17(13-23)20-21-19(22-26-20)16-6-9-25-10-7-16/h2-4,11,16-17H,5-10,12-13H2,1H3. The van der Waals surface area contributed by atoms with E-state index in [4.69, 9.17) is 9.26 Å². The quantitative estimate of drug-likeness (QED) is 0.843. The van der Waals surface area contributed by atoms with Gasteiger partial charge in [0.1, 0.15) is 0 Å². The largest absolute Gasteiger partial charge is 0.381 e. The molecule has 1 aromatic heterocycles. The van der Waals surface area contributed by atoms with E-state index in [1.807, 2.05) is 30.0 Å². The minimum Gasteiger partial charge on any atom is -0.381 e. The molecule has 0 spiro atoms. The molecule has 26 heavy (non-hydrogen) atoms. The summed E-state index contributed by atoms with van der Waals surface area (Å²) in [6.07, 6.45) is 3.23. The third-order valence-electron chi connectivity index (χ3n) is 5.37. The van der Waals surface area contributed by atoms with Crippen LogP contribution in [0.4, 0.5) is 0 Å². The number of hydrogen-bond donors (Lipinski definition) is 0. The van der Waals surface area contributed by atoms with Crippen LogP contribution < -0.4 is 0 Å². The molecular weight excluding hydrogens is 330 g/mol. The zero-order valence-electron chi connectivity index (χ0n) is 15.2. The second-order valence-electron chi connectivity index (χ2n) is 7.37. The first-order valence-electron chi connectivity index (χ1n) is 9.43. The van der Waals surface area contributed by atoms with Crippen molar-refractivity contribution < 1.29 is 14.1 Å². The molecule has 2 aliphatic rings. The Hall–Kier alpha value is -2.21. The lowest BCUT2D eigenvalue weighted by Crippen LogP contribution is -2.29. The van der Waals surface area contributed by atoms with Gasteiger partial charge >= 0.3 is 0 Å². The minimum atomic E-state index is 0.151. The number of ether oxygens (including phenoxy) is 1. The van der Waals surface area contributed by atoms with E-state index < -0.39 is 0 Å². The van der Waals surface area contributed by atoms with Crippen molar-refractivity contribution in [3.8, 4) is 0 Å². The van der Waals surface area contributed by atoms with Crippen molar-refractivity contribution >= 4 is 5.91 Å². The van der Waals surface area contributed by atoms with E-state index >= 15 is 0 Å². The van der Waals surface area contributed by atoms with Crippen LogP contribution in [-0.4, -0.2) is 47.3 Å². The number of amides is 1. The number of aryl methyl sites for hydroxylation is 1. The highest BCUT2D eigenvalue weighted by Gasteiger charge is 2.32. The van der Waals surface area contributed by atoms with Crippen LogP contribution in [0.25, 0.3) is 0 Å². The van der Waals surface area contributed by atoms with E-state index in [9.17, 15) is 4.79 Å². The molecule has 1 unspecified atom stereocenters. The van der Waals surface area contributed by atoms with Gasteiger partial charge in [-0.3, -0.25) is 4.79 Å². The molecule has 1 amide bonds. The molecule has 2 aliphatic heterocycles. The molecule has 138 valence electrons. The number of aromatic nitrogens is 2. The molecule has 0 radical (unpaired) electrons. The molecule has 0 bridgehead atoms. The second-order valence-corrected chi connectivity index (χ2v) is 7.37. The van der Waals surface area contributed by atoms with Gasteiger partial charge in [0.25, 0.3) is 0 Å². The monoisotopic (exact) mass is 355 g/mol. The summed E-state index contributed by atoms with van der Waals surface area (Å²) in [4.78, 5) is 19.2. The number of rotatable bonds is 4. The molecule has 3 heterocycles. The maximum absolute atomic E-state index is 12.6. The number of benzene rings is 1. The van der Waals surface area contributed by atoms with Crippen LogP contribution in [0.5, 0.6) is 0 Å². The van der Waals surface area contributed by atoms with E-state index in [0.29, 0.717) is 24.8 Å². The van der Waals surface area contributed by atoms with Gasteiger partial charge in [0.05, 0.1) is 12.3 Å². The Balaban J connectivity index is 1.36. The van der Waals surface area contributed by atoms with Crippen molar-refractivity contribution in [1.29, 1.82) is 0 Å². The molecule has 1 aromatic carbocycles. The summed E-state index contributed by atoms with van der Waals surface area (Å²) in [5.41, 5.74) is 2.25. The van der Waals surface area contributed by atoms with E-state index in [0.717, 1.165) is 50.4 Å². The van der Waals surface area contributed by atoms with Crippen molar-refractivity contribution in [2.45, 2.75) is 44.4 Å². The fourth-order valence-corrected chi connectivity index (χ4v) is 3.83. The number of hydrogen-bond acceptors (Lipinski definition) is 5. The first-order valence-corrected chi connectivity index (χ1v) is 9.43. The van der Waals surface area contributed by atoms with Gasteiger partial charge in [-0.15, -0.1) is 0 Å². The zero-order chi connectivity index (χ0) is 17.9. The second kappa shape index (κ2) is 7.58. The normalized spacial score (nSPS) is 21.3. The lowest BCUT2D eigenvalue weighted by molar-refractivity contribution is -0.129. The SMILES string of the molecule is Cc1cccc(CC(=O)N2CCC(c3nc(C4CCOCC4)no3)C2)c1. The van der Waals surface area contributed by atoms with Crippen molar-refractivity contribution in [2.75, 3.05) is 26.3 Å². The summed E-state index contributed by atoms with van der Waals surface area (Å²) in [7, 11) is 0. The summed E-state index contributed by atoms with van der Waals surface area (Å²) in [5, 5.41) is 4.19. The number of nitrogens with zero attached hydrogens (tertiary/aromatic N) is 3. The summed E-state index contributed by atoms with van der Waals surface area (Å²) in [6, 6.07) is 8.13. The van der Waals surface area contributed by atoms with Crippen LogP contribution in [0.1, 0.15) is 53.9 Å². The highest BCUT2D eigenvalue weighted by molar-refractivity contribution is 5.79. The maximum atomic E-state index is 12.6. The summed E-state index contributed by atoms with van der Waals surface area (Å²) in [5.74, 6) is 2.13. The zero-order valence-corrected chi connectivity index (χ0v) is 15.2. The minimum absolute atomic E-state index is 0.151. The van der Waals surface area contributed by atoms with Gasteiger partial charge in [0.15, 0.2) is 5.82 Å². The topological polar surface area (TPSA) is 68.5 Å². The lowest BCUT2D eigenvalue weighted by atomic mass is 10.00. The number of carbonyl (C=O) groups is 1. The van der Waals surface area contributed by atoms with E-state index in [2.05, 4.69) is 16.2 Å². The van der Waals surface area contributed by atoms with Crippen LogP contribution in [0, 0.1) is 6.92 Å². The molecule has 2 saturated heterocycles. The fraction of sp³-hybridized carbons (Fsp3) is 0.550. The summed E-state index contributed by atoms with van der Waals surface area (Å²) in [6.45, 7) is 4.99. The highest BCUT2D eigenvalue weighted by atomic mass is 16.5. The van der Waals surface area contributed by atoms with Gasteiger partial charge in [-0.05, 0) is 31.7 Å². The molecule has 1 atom stereocenters. The first kappa shape index (κ1) is 17.2. The van der Waals surface area contributed by atoms with Crippen LogP contribution in [0.15, 0.2) is 28.8 Å². The van der Waals surface area contributed by atoms with Crippen molar-refractivity contribution in [3.05, 3.63) is 47.1 Å². The molecule has 0 saturated carbocycles. The molecule has 4 rings (SSSR count).